The van der Waals surface area contributed by atoms with Crippen LogP contribution in [0.3, 0.4) is 0 Å². The van der Waals surface area contributed by atoms with Crippen molar-refractivity contribution in [1.29, 1.82) is 0 Å². The van der Waals surface area contributed by atoms with Crippen LogP contribution >= 0.6 is 0 Å². The first-order valence-corrected chi connectivity index (χ1v) is 9.95. The molecule has 0 bridgehead atoms. The highest BCUT2D eigenvalue weighted by Crippen LogP contribution is 2.28. The third kappa shape index (κ3) is 4.08. The molecule has 0 spiro atoms. The van der Waals surface area contributed by atoms with Crippen molar-refractivity contribution in [2.24, 2.45) is 0 Å². The van der Waals surface area contributed by atoms with Crippen LogP contribution in [0.25, 0.3) is 22.6 Å². The molecule has 8 heteroatoms. The minimum absolute atomic E-state index is 0.100. The summed E-state index contributed by atoms with van der Waals surface area (Å²) in [5.41, 5.74) is 9.88. The number of nitrogen functional groups attached to an aromatic ring is 1. The Bertz CT molecular complexity index is 1140. The second-order valence-electron chi connectivity index (χ2n) is 7.01. The summed E-state index contributed by atoms with van der Waals surface area (Å²) in [6.45, 7) is 3.07. The Labute approximate surface area is 174 Å². The number of anilines is 1. The monoisotopic (exact) mass is 404 g/mol. The Morgan fingerprint density at radius 1 is 1.07 bits per heavy atom. The van der Waals surface area contributed by atoms with Crippen molar-refractivity contribution in [2.75, 3.05) is 12.3 Å². The number of hydrogen-bond acceptors (Lipinski definition) is 7. The molecule has 30 heavy (non-hydrogen) atoms. The summed E-state index contributed by atoms with van der Waals surface area (Å²) >= 11 is 0. The third-order valence-corrected chi connectivity index (χ3v) is 4.75. The Morgan fingerprint density at radius 2 is 1.90 bits per heavy atom. The fourth-order valence-corrected chi connectivity index (χ4v) is 3.21. The van der Waals surface area contributed by atoms with Gasteiger partial charge in [0.25, 0.3) is 0 Å². The lowest BCUT2D eigenvalue weighted by Gasteiger charge is -2.10. The van der Waals surface area contributed by atoms with Crippen LogP contribution in [0.1, 0.15) is 30.9 Å². The molecule has 0 unspecified atom stereocenters. The van der Waals surface area contributed by atoms with Crippen molar-refractivity contribution in [2.45, 2.75) is 32.9 Å². The number of hydrogen-bond donors (Lipinski definition) is 2. The van der Waals surface area contributed by atoms with Crippen LogP contribution in [0, 0.1) is 0 Å². The normalized spacial score (nSPS) is 11.1. The molecule has 0 aliphatic heterocycles. The minimum Gasteiger partial charge on any atom is -0.463 e. The number of pyridine rings is 1. The van der Waals surface area contributed by atoms with E-state index in [0.717, 1.165) is 24.0 Å². The van der Waals surface area contributed by atoms with Gasteiger partial charge in [-0.05, 0) is 23.6 Å². The zero-order valence-electron chi connectivity index (χ0n) is 16.8. The lowest BCUT2D eigenvalue weighted by molar-refractivity contribution is 0.281. The zero-order chi connectivity index (χ0) is 20.9. The predicted octanol–water partition coefficient (Wildman–Crippen LogP) is 3.19. The van der Waals surface area contributed by atoms with Gasteiger partial charge in [-0.2, -0.15) is 9.97 Å². The molecule has 4 rings (SSSR count). The van der Waals surface area contributed by atoms with Crippen LogP contribution in [-0.4, -0.2) is 36.2 Å². The van der Waals surface area contributed by atoms with Crippen LogP contribution in [-0.2, 0) is 13.2 Å². The van der Waals surface area contributed by atoms with Crippen molar-refractivity contribution in [3.63, 3.8) is 0 Å². The van der Waals surface area contributed by atoms with E-state index >= 15 is 0 Å². The lowest BCUT2D eigenvalue weighted by Crippen LogP contribution is -2.07. The highest BCUT2D eigenvalue weighted by molar-refractivity contribution is 5.86. The number of benzene rings is 1. The van der Waals surface area contributed by atoms with Crippen LogP contribution < -0.4 is 10.5 Å². The van der Waals surface area contributed by atoms with Gasteiger partial charge in [-0.25, -0.2) is 4.98 Å². The first-order valence-electron chi connectivity index (χ1n) is 9.95. The fraction of sp³-hybridized carbons (Fsp3) is 0.273. The molecule has 154 valence electrons. The number of fused-ring (bicyclic) bond motifs is 1. The molecule has 0 atom stereocenters. The smallest absolute Gasteiger partial charge is 0.320 e. The van der Waals surface area contributed by atoms with E-state index in [1.807, 2.05) is 41.0 Å². The minimum atomic E-state index is -0.100. The molecule has 3 aromatic heterocycles. The van der Waals surface area contributed by atoms with Crippen LogP contribution in [0.15, 0.2) is 48.8 Å². The molecular formula is C22H24N6O2. The standard InChI is InChI=1S/C22H24N6O2/c1-2-3-9-30-22-26-19(23)18-21(27-22)28(13-15-7-5-4-6-8-15)20(25-18)17-10-16(14-29)11-24-12-17/h4-8,10-12,29H,2-3,9,13-14H2,1H3,(H2,23,26,27). The molecule has 0 saturated carbocycles. The largest absolute Gasteiger partial charge is 0.463 e. The first kappa shape index (κ1) is 19.8. The van der Waals surface area contributed by atoms with E-state index in [-0.39, 0.29) is 18.4 Å². The van der Waals surface area contributed by atoms with E-state index in [4.69, 9.17) is 15.5 Å². The Morgan fingerprint density at radius 3 is 2.67 bits per heavy atom. The molecule has 8 nitrogen and oxygen atoms in total. The second-order valence-corrected chi connectivity index (χ2v) is 7.01. The van der Waals surface area contributed by atoms with E-state index < -0.39 is 0 Å². The topological polar surface area (TPSA) is 112 Å². The van der Waals surface area contributed by atoms with E-state index in [1.54, 1.807) is 12.4 Å². The summed E-state index contributed by atoms with van der Waals surface area (Å²) in [5, 5.41) is 9.51. The maximum Gasteiger partial charge on any atom is 0.320 e. The lowest BCUT2D eigenvalue weighted by atomic mass is 10.2. The molecule has 0 saturated heterocycles. The SMILES string of the molecule is CCCCOc1nc(N)c2nc(-c3cncc(CO)c3)n(Cc3ccccc3)c2n1. The predicted molar refractivity (Wildman–Crippen MR) is 115 cm³/mol. The van der Waals surface area contributed by atoms with Crippen molar-refractivity contribution >= 4 is 17.0 Å². The molecule has 3 N–H and O–H groups in total. The number of rotatable bonds is 8. The van der Waals surface area contributed by atoms with Gasteiger partial charge in [-0.3, -0.25) is 4.98 Å². The summed E-state index contributed by atoms with van der Waals surface area (Å²) in [4.78, 5) is 17.8. The van der Waals surface area contributed by atoms with Gasteiger partial charge in [0.2, 0.25) is 0 Å². The average Bonchev–Trinajstić information content (AvgIpc) is 3.14. The molecule has 0 fully saturated rings. The van der Waals surface area contributed by atoms with E-state index in [9.17, 15) is 5.11 Å². The highest BCUT2D eigenvalue weighted by Gasteiger charge is 2.19. The zero-order valence-corrected chi connectivity index (χ0v) is 16.8. The summed E-state index contributed by atoms with van der Waals surface area (Å²) < 4.78 is 7.68. The third-order valence-electron chi connectivity index (χ3n) is 4.75. The quantitative estimate of drug-likeness (QED) is 0.434. The maximum atomic E-state index is 9.51. The highest BCUT2D eigenvalue weighted by atomic mass is 16.5. The van der Waals surface area contributed by atoms with Gasteiger partial charge in [0.05, 0.1) is 19.8 Å². The van der Waals surface area contributed by atoms with Gasteiger partial charge in [0.1, 0.15) is 5.82 Å². The van der Waals surface area contributed by atoms with Crippen molar-refractivity contribution in [3.8, 4) is 17.4 Å². The summed E-state index contributed by atoms with van der Waals surface area (Å²) in [6, 6.07) is 12.2. The van der Waals surface area contributed by atoms with Gasteiger partial charge in [0.15, 0.2) is 17.0 Å². The molecule has 3 heterocycles. The van der Waals surface area contributed by atoms with E-state index in [2.05, 4.69) is 21.9 Å². The van der Waals surface area contributed by atoms with Gasteiger partial charge < -0.3 is 20.1 Å². The first-order chi connectivity index (χ1) is 14.7. The number of nitrogens with two attached hydrogens (primary N) is 1. The Balaban J connectivity index is 1.86. The molecular weight excluding hydrogens is 380 g/mol. The summed E-state index contributed by atoms with van der Waals surface area (Å²) in [7, 11) is 0. The Kier molecular flexibility index (Phi) is 5.85. The van der Waals surface area contributed by atoms with Gasteiger partial charge in [-0.1, -0.05) is 43.7 Å². The van der Waals surface area contributed by atoms with Crippen LogP contribution in [0.4, 0.5) is 5.82 Å². The number of imidazole rings is 1. The van der Waals surface area contributed by atoms with Crippen molar-refractivity contribution in [3.05, 3.63) is 59.9 Å². The van der Waals surface area contributed by atoms with Crippen molar-refractivity contribution < 1.29 is 9.84 Å². The van der Waals surface area contributed by atoms with Crippen molar-refractivity contribution in [1.82, 2.24) is 24.5 Å². The maximum absolute atomic E-state index is 9.51. The molecule has 4 aromatic rings. The van der Waals surface area contributed by atoms with Gasteiger partial charge in [-0.15, -0.1) is 0 Å². The summed E-state index contributed by atoms with van der Waals surface area (Å²) in [5.74, 6) is 0.925. The average molecular weight is 404 g/mol. The van der Waals surface area contributed by atoms with Crippen LogP contribution in [0.5, 0.6) is 6.01 Å². The molecule has 1 aromatic carbocycles. The Hall–Kier alpha value is -3.52. The van der Waals surface area contributed by atoms with Crippen LogP contribution in [0.2, 0.25) is 0 Å². The number of unbranched alkanes of at least 4 members (excludes halogenated alkanes) is 1. The number of ether oxygens (including phenoxy) is 1. The molecule has 0 aliphatic carbocycles. The number of aliphatic hydroxyl groups excluding tert-OH is 1. The molecule has 0 amide bonds. The van der Waals surface area contributed by atoms with E-state index in [0.29, 0.717) is 35.7 Å². The number of aliphatic hydroxyl groups is 1. The fourth-order valence-electron chi connectivity index (χ4n) is 3.21. The van der Waals surface area contributed by atoms with Gasteiger partial charge in [0, 0.05) is 18.0 Å². The molecule has 0 radical (unpaired) electrons. The number of aromatic nitrogens is 5. The second kappa shape index (κ2) is 8.87. The number of nitrogens with zero attached hydrogens (tertiary/aromatic N) is 5. The van der Waals surface area contributed by atoms with Gasteiger partial charge >= 0.3 is 6.01 Å². The summed E-state index contributed by atoms with van der Waals surface area (Å²) in [6.07, 6.45) is 5.27. The van der Waals surface area contributed by atoms with E-state index in [1.165, 1.54) is 0 Å². The molecule has 0 aliphatic rings.